The summed E-state index contributed by atoms with van der Waals surface area (Å²) < 4.78 is 33.8. The SMILES string of the molecule is COc1cc(C(=O)Nc2cc(Cl)ccc2C#N)ccc1OC(F)F. The highest BCUT2D eigenvalue weighted by Gasteiger charge is 2.15. The van der Waals surface area contributed by atoms with E-state index >= 15 is 0 Å². The second-order valence-corrected chi connectivity index (χ2v) is 4.94. The minimum absolute atomic E-state index is 0.0189. The molecule has 0 aliphatic rings. The van der Waals surface area contributed by atoms with Crippen molar-refractivity contribution >= 4 is 23.2 Å². The third kappa shape index (κ3) is 4.12. The summed E-state index contributed by atoms with van der Waals surface area (Å²) in [5.41, 5.74) is 0.608. The average Bonchev–Trinajstić information content (AvgIpc) is 2.54. The van der Waals surface area contributed by atoms with Crippen molar-refractivity contribution in [1.29, 1.82) is 5.26 Å². The Morgan fingerprint density at radius 2 is 2.00 bits per heavy atom. The molecule has 0 unspecified atom stereocenters. The van der Waals surface area contributed by atoms with Crippen LogP contribution >= 0.6 is 11.6 Å². The van der Waals surface area contributed by atoms with Gasteiger partial charge in [-0.2, -0.15) is 14.0 Å². The number of carbonyl (C=O) groups is 1. The minimum atomic E-state index is -3.01. The van der Waals surface area contributed by atoms with Gasteiger partial charge in [-0.05, 0) is 36.4 Å². The molecule has 0 aliphatic carbocycles. The van der Waals surface area contributed by atoms with E-state index in [2.05, 4.69) is 10.1 Å². The molecule has 0 heterocycles. The van der Waals surface area contributed by atoms with E-state index in [0.29, 0.717) is 5.02 Å². The van der Waals surface area contributed by atoms with E-state index in [1.807, 2.05) is 6.07 Å². The van der Waals surface area contributed by atoms with Crippen LogP contribution in [0.5, 0.6) is 11.5 Å². The van der Waals surface area contributed by atoms with Gasteiger partial charge in [0.05, 0.1) is 18.4 Å². The Labute approximate surface area is 141 Å². The number of nitriles is 1. The van der Waals surface area contributed by atoms with Crippen LogP contribution in [0.3, 0.4) is 0 Å². The van der Waals surface area contributed by atoms with Crippen LogP contribution in [-0.2, 0) is 0 Å². The van der Waals surface area contributed by atoms with Crippen LogP contribution in [0.2, 0.25) is 5.02 Å². The van der Waals surface area contributed by atoms with Crippen molar-refractivity contribution in [3.8, 4) is 17.6 Å². The second-order valence-electron chi connectivity index (χ2n) is 4.50. The number of benzene rings is 2. The largest absolute Gasteiger partial charge is 0.493 e. The van der Waals surface area contributed by atoms with Crippen LogP contribution < -0.4 is 14.8 Å². The van der Waals surface area contributed by atoms with Gasteiger partial charge in [0.1, 0.15) is 6.07 Å². The van der Waals surface area contributed by atoms with Crippen LogP contribution in [0.4, 0.5) is 14.5 Å². The first-order chi connectivity index (χ1) is 11.4. The zero-order valence-corrected chi connectivity index (χ0v) is 13.1. The Morgan fingerprint density at radius 1 is 1.25 bits per heavy atom. The number of alkyl halides is 2. The number of amides is 1. The van der Waals surface area contributed by atoms with Gasteiger partial charge in [-0.25, -0.2) is 0 Å². The molecule has 0 aromatic heterocycles. The molecule has 24 heavy (non-hydrogen) atoms. The Hall–Kier alpha value is -2.85. The summed E-state index contributed by atoms with van der Waals surface area (Å²) in [6, 6.07) is 10.1. The molecule has 0 atom stereocenters. The maximum atomic E-state index is 12.3. The molecule has 0 spiro atoms. The Bertz CT molecular complexity index is 806. The summed E-state index contributed by atoms with van der Waals surface area (Å²) in [5, 5.41) is 11.9. The summed E-state index contributed by atoms with van der Waals surface area (Å²) in [5.74, 6) is -0.769. The van der Waals surface area contributed by atoms with Crippen LogP contribution in [0, 0.1) is 11.3 Å². The minimum Gasteiger partial charge on any atom is -0.493 e. The van der Waals surface area contributed by atoms with E-state index in [0.717, 1.165) is 0 Å². The van der Waals surface area contributed by atoms with E-state index in [4.69, 9.17) is 21.6 Å². The zero-order valence-electron chi connectivity index (χ0n) is 12.3. The quantitative estimate of drug-likeness (QED) is 0.880. The van der Waals surface area contributed by atoms with Crippen molar-refractivity contribution in [2.24, 2.45) is 0 Å². The fourth-order valence-electron chi connectivity index (χ4n) is 1.91. The van der Waals surface area contributed by atoms with Gasteiger partial charge in [0.2, 0.25) is 0 Å². The first-order valence-electron chi connectivity index (χ1n) is 6.58. The maximum absolute atomic E-state index is 12.3. The molecule has 8 heteroatoms. The summed E-state index contributed by atoms with van der Waals surface area (Å²) in [6.07, 6.45) is 0. The third-order valence-corrected chi connectivity index (χ3v) is 3.23. The van der Waals surface area contributed by atoms with Gasteiger partial charge in [-0.15, -0.1) is 0 Å². The number of nitrogens with zero attached hydrogens (tertiary/aromatic N) is 1. The Balaban J connectivity index is 2.28. The molecular weight excluding hydrogens is 342 g/mol. The standard InChI is InChI=1S/C16H11ClF2N2O3/c1-23-14-6-9(3-5-13(14)24-16(18)19)15(22)21-12-7-11(17)4-2-10(12)8-20/h2-7,16H,1H3,(H,21,22). The lowest BCUT2D eigenvalue weighted by Gasteiger charge is -2.12. The predicted octanol–water partition coefficient (Wildman–Crippen LogP) is 4.07. The summed E-state index contributed by atoms with van der Waals surface area (Å²) in [7, 11) is 1.26. The smallest absolute Gasteiger partial charge is 0.387 e. The molecule has 1 N–H and O–H groups in total. The number of anilines is 1. The number of methoxy groups -OCH3 is 1. The monoisotopic (exact) mass is 352 g/mol. The van der Waals surface area contributed by atoms with E-state index in [-0.39, 0.29) is 28.3 Å². The van der Waals surface area contributed by atoms with Gasteiger partial charge in [0, 0.05) is 10.6 Å². The summed E-state index contributed by atoms with van der Waals surface area (Å²) >= 11 is 5.85. The molecule has 0 bridgehead atoms. The first kappa shape index (κ1) is 17.5. The third-order valence-electron chi connectivity index (χ3n) is 2.99. The molecule has 124 valence electrons. The van der Waals surface area contributed by atoms with Gasteiger partial charge < -0.3 is 14.8 Å². The fourth-order valence-corrected chi connectivity index (χ4v) is 2.09. The molecule has 5 nitrogen and oxygen atoms in total. The molecule has 0 fully saturated rings. The number of halogens is 3. The topological polar surface area (TPSA) is 71.3 Å². The van der Waals surface area contributed by atoms with E-state index in [1.54, 1.807) is 0 Å². The average molecular weight is 353 g/mol. The Kier molecular flexibility index (Phi) is 5.55. The number of rotatable bonds is 5. The van der Waals surface area contributed by atoms with Crippen molar-refractivity contribution in [3.05, 3.63) is 52.5 Å². The number of hydrogen-bond acceptors (Lipinski definition) is 4. The molecule has 2 rings (SSSR count). The lowest BCUT2D eigenvalue weighted by molar-refractivity contribution is -0.0512. The van der Waals surface area contributed by atoms with Crippen molar-refractivity contribution in [2.75, 3.05) is 12.4 Å². The van der Waals surface area contributed by atoms with E-state index < -0.39 is 12.5 Å². The van der Waals surface area contributed by atoms with Gasteiger partial charge in [0.15, 0.2) is 11.5 Å². The molecule has 0 aliphatic heterocycles. The molecule has 0 radical (unpaired) electrons. The van der Waals surface area contributed by atoms with Gasteiger partial charge in [-0.1, -0.05) is 11.6 Å². The van der Waals surface area contributed by atoms with Crippen molar-refractivity contribution in [1.82, 2.24) is 0 Å². The number of nitrogens with one attached hydrogen (secondary N) is 1. The van der Waals surface area contributed by atoms with Crippen LogP contribution in [0.15, 0.2) is 36.4 Å². The van der Waals surface area contributed by atoms with Gasteiger partial charge in [0.25, 0.3) is 5.91 Å². The van der Waals surface area contributed by atoms with Crippen molar-refractivity contribution < 1.29 is 23.0 Å². The lowest BCUT2D eigenvalue weighted by Crippen LogP contribution is -2.13. The number of ether oxygens (including phenoxy) is 2. The summed E-state index contributed by atoms with van der Waals surface area (Å²) in [6.45, 7) is -3.01. The van der Waals surface area contributed by atoms with Gasteiger partial charge in [-0.3, -0.25) is 4.79 Å². The van der Waals surface area contributed by atoms with E-state index in [1.165, 1.54) is 43.5 Å². The normalized spacial score (nSPS) is 10.2. The predicted molar refractivity (Wildman–Crippen MR) is 83.7 cm³/mol. The molecule has 2 aromatic rings. The first-order valence-corrected chi connectivity index (χ1v) is 6.96. The van der Waals surface area contributed by atoms with Crippen LogP contribution in [0.1, 0.15) is 15.9 Å². The van der Waals surface area contributed by atoms with Crippen molar-refractivity contribution in [3.63, 3.8) is 0 Å². The van der Waals surface area contributed by atoms with Crippen LogP contribution in [-0.4, -0.2) is 19.6 Å². The molecule has 0 saturated carbocycles. The molecule has 2 aromatic carbocycles. The van der Waals surface area contributed by atoms with Gasteiger partial charge >= 0.3 is 6.61 Å². The van der Waals surface area contributed by atoms with E-state index in [9.17, 15) is 13.6 Å². The van der Waals surface area contributed by atoms with Crippen molar-refractivity contribution in [2.45, 2.75) is 6.61 Å². The maximum Gasteiger partial charge on any atom is 0.387 e. The number of carbonyl (C=O) groups excluding carboxylic acids is 1. The highest BCUT2D eigenvalue weighted by molar-refractivity contribution is 6.31. The highest BCUT2D eigenvalue weighted by atomic mass is 35.5. The number of hydrogen-bond donors (Lipinski definition) is 1. The molecular formula is C16H11ClF2N2O3. The Morgan fingerprint density at radius 3 is 2.62 bits per heavy atom. The summed E-state index contributed by atoms with van der Waals surface area (Å²) in [4.78, 5) is 12.3. The zero-order chi connectivity index (χ0) is 17.7. The highest BCUT2D eigenvalue weighted by Crippen LogP contribution is 2.30. The fraction of sp³-hybridized carbons (Fsp3) is 0.125. The van der Waals surface area contributed by atoms with Crippen LogP contribution in [0.25, 0.3) is 0 Å². The second kappa shape index (κ2) is 7.62. The lowest BCUT2D eigenvalue weighted by atomic mass is 10.1. The molecule has 0 saturated heterocycles. The molecule has 1 amide bonds.